The van der Waals surface area contributed by atoms with E-state index in [1.807, 2.05) is 0 Å². The van der Waals surface area contributed by atoms with Gasteiger partial charge in [0.25, 0.3) is 5.91 Å². The molecule has 0 aliphatic carbocycles. The maximum absolute atomic E-state index is 12.2. The van der Waals surface area contributed by atoms with Crippen LogP contribution < -0.4 is 10.1 Å². The van der Waals surface area contributed by atoms with Crippen LogP contribution in [0.15, 0.2) is 72.8 Å². The van der Waals surface area contributed by atoms with Crippen molar-refractivity contribution in [2.75, 3.05) is 5.32 Å². The van der Waals surface area contributed by atoms with Gasteiger partial charge >= 0.3 is 0 Å². The molecule has 3 nitrogen and oxygen atoms in total. The average molecular weight is 358 g/mol. The van der Waals surface area contributed by atoms with Crippen LogP contribution in [0.1, 0.15) is 10.4 Å². The van der Waals surface area contributed by atoms with Crippen LogP contribution in [0.2, 0.25) is 10.0 Å². The Balaban J connectivity index is 1.66. The second-order valence-corrected chi connectivity index (χ2v) is 5.92. The molecule has 0 radical (unpaired) electrons. The van der Waals surface area contributed by atoms with Crippen molar-refractivity contribution in [3.05, 3.63) is 88.4 Å². The summed E-state index contributed by atoms with van der Waals surface area (Å²) in [6.45, 7) is 0. The number of nitrogens with one attached hydrogen (secondary N) is 1. The molecule has 5 heteroatoms. The lowest BCUT2D eigenvalue weighted by Crippen LogP contribution is -2.11. The summed E-state index contributed by atoms with van der Waals surface area (Å²) in [5, 5.41) is 3.99. The highest BCUT2D eigenvalue weighted by atomic mass is 35.5. The predicted molar refractivity (Wildman–Crippen MR) is 97.4 cm³/mol. The standard InChI is InChI=1S/C19H13Cl2NO2/c20-14-4-8-17(9-5-14)24-18-10-6-16(7-11-18)22-19(23)13-2-1-3-15(21)12-13/h1-12H,(H,22,23). The summed E-state index contributed by atoms with van der Waals surface area (Å²) in [5.74, 6) is 1.14. The molecule has 24 heavy (non-hydrogen) atoms. The Bertz CT molecular complexity index is 846. The van der Waals surface area contributed by atoms with Gasteiger partial charge in [-0.25, -0.2) is 0 Å². The van der Waals surface area contributed by atoms with Gasteiger partial charge in [0.1, 0.15) is 11.5 Å². The van der Waals surface area contributed by atoms with E-state index in [-0.39, 0.29) is 5.91 Å². The van der Waals surface area contributed by atoms with E-state index < -0.39 is 0 Å². The fourth-order valence-corrected chi connectivity index (χ4v) is 2.39. The van der Waals surface area contributed by atoms with E-state index >= 15 is 0 Å². The molecule has 0 spiro atoms. The minimum Gasteiger partial charge on any atom is -0.457 e. The molecule has 0 saturated carbocycles. The van der Waals surface area contributed by atoms with Crippen LogP contribution in [0.4, 0.5) is 5.69 Å². The maximum atomic E-state index is 12.2. The van der Waals surface area contributed by atoms with Crippen molar-refractivity contribution in [3.8, 4) is 11.5 Å². The molecule has 0 aliphatic rings. The van der Waals surface area contributed by atoms with Crippen LogP contribution in [0, 0.1) is 0 Å². The molecule has 0 saturated heterocycles. The first-order valence-electron chi connectivity index (χ1n) is 7.20. The van der Waals surface area contributed by atoms with E-state index in [0.29, 0.717) is 32.8 Å². The molecule has 0 aromatic heterocycles. The summed E-state index contributed by atoms with van der Waals surface area (Å²) in [7, 11) is 0. The normalized spacial score (nSPS) is 10.2. The van der Waals surface area contributed by atoms with Crippen LogP contribution in [0.25, 0.3) is 0 Å². The zero-order valence-corrected chi connectivity index (χ0v) is 14.0. The molecule has 3 rings (SSSR count). The number of anilines is 1. The lowest BCUT2D eigenvalue weighted by atomic mass is 10.2. The van der Waals surface area contributed by atoms with Crippen molar-refractivity contribution in [1.29, 1.82) is 0 Å². The van der Waals surface area contributed by atoms with Gasteiger partial charge in [-0.15, -0.1) is 0 Å². The number of rotatable bonds is 4. The smallest absolute Gasteiger partial charge is 0.255 e. The first-order valence-corrected chi connectivity index (χ1v) is 7.96. The Labute approximate surface area is 149 Å². The van der Waals surface area contributed by atoms with E-state index in [1.165, 1.54) is 0 Å². The molecular formula is C19H13Cl2NO2. The molecule has 1 amide bonds. The van der Waals surface area contributed by atoms with Gasteiger partial charge in [-0.05, 0) is 66.7 Å². The van der Waals surface area contributed by atoms with Gasteiger partial charge < -0.3 is 10.1 Å². The van der Waals surface area contributed by atoms with Crippen LogP contribution >= 0.6 is 23.2 Å². The van der Waals surface area contributed by atoms with Crippen LogP contribution in [-0.4, -0.2) is 5.91 Å². The van der Waals surface area contributed by atoms with Crippen LogP contribution in [0.5, 0.6) is 11.5 Å². The summed E-state index contributed by atoms with van der Waals surface area (Å²) in [6.07, 6.45) is 0. The monoisotopic (exact) mass is 357 g/mol. The molecule has 1 N–H and O–H groups in total. The fourth-order valence-electron chi connectivity index (χ4n) is 2.08. The van der Waals surface area contributed by atoms with Gasteiger partial charge in [-0.1, -0.05) is 29.3 Å². The zero-order chi connectivity index (χ0) is 16.9. The highest BCUT2D eigenvalue weighted by molar-refractivity contribution is 6.31. The second kappa shape index (κ2) is 7.39. The predicted octanol–water partition coefficient (Wildman–Crippen LogP) is 6.04. The summed E-state index contributed by atoms with van der Waals surface area (Å²) < 4.78 is 5.70. The van der Waals surface area contributed by atoms with Crippen molar-refractivity contribution in [2.24, 2.45) is 0 Å². The lowest BCUT2D eigenvalue weighted by molar-refractivity contribution is 0.102. The van der Waals surface area contributed by atoms with Gasteiger partial charge in [0, 0.05) is 21.3 Å². The Morgan fingerprint density at radius 2 is 1.42 bits per heavy atom. The molecule has 0 bridgehead atoms. The minimum atomic E-state index is -0.219. The molecule has 3 aromatic carbocycles. The summed E-state index contributed by atoms with van der Waals surface area (Å²) in [6, 6.07) is 21.0. The number of hydrogen-bond acceptors (Lipinski definition) is 2. The summed E-state index contributed by atoms with van der Waals surface area (Å²) in [4.78, 5) is 12.2. The first kappa shape index (κ1) is 16.4. The number of carbonyl (C=O) groups excluding carboxylic acids is 1. The molecule has 0 atom stereocenters. The van der Waals surface area contributed by atoms with Crippen LogP contribution in [-0.2, 0) is 0 Å². The molecule has 0 unspecified atom stereocenters. The fraction of sp³-hybridized carbons (Fsp3) is 0. The third-order valence-electron chi connectivity index (χ3n) is 3.25. The Hall–Kier alpha value is -2.49. The quantitative estimate of drug-likeness (QED) is 0.618. The molecule has 0 fully saturated rings. The van der Waals surface area contributed by atoms with Gasteiger partial charge in [-0.3, -0.25) is 4.79 Å². The van der Waals surface area contributed by atoms with Crippen molar-refractivity contribution in [3.63, 3.8) is 0 Å². The maximum Gasteiger partial charge on any atom is 0.255 e. The highest BCUT2D eigenvalue weighted by Crippen LogP contribution is 2.24. The van der Waals surface area contributed by atoms with Crippen molar-refractivity contribution in [1.82, 2.24) is 0 Å². The van der Waals surface area contributed by atoms with Gasteiger partial charge in [0.15, 0.2) is 0 Å². The SMILES string of the molecule is O=C(Nc1ccc(Oc2ccc(Cl)cc2)cc1)c1cccc(Cl)c1. The van der Waals surface area contributed by atoms with Crippen LogP contribution in [0.3, 0.4) is 0 Å². The second-order valence-electron chi connectivity index (χ2n) is 5.04. The number of halogens is 2. The topological polar surface area (TPSA) is 38.3 Å². The Kier molecular flexibility index (Phi) is 5.04. The summed E-state index contributed by atoms with van der Waals surface area (Å²) in [5.41, 5.74) is 1.17. The number of amides is 1. The van der Waals surface area contributed by atoms with E-state index in [2.05, 4.69) is 5.32 Å². The first-order chi connectivity index (χ1) is 11.6. The van der Waals surface area contributed by atoms with E-state index in [1.54, 1.807) is 72.8 Å². The number of carbonyl (C=O) groups is 1. The van der Waals surface area contributed by atoms with E-state index in [0.717, 1.165) is 0 Å². The van der Waals surface area contributed by atoms with Crippen molar-refractivity contribution in [2.45, 2.75) is 0 Å². The Morgan fingerprint density at radius 1 is 0.792 bits per heavy atom. The molecule has 3 aromatic rings. The third-order valence-corrected chi connectivity index (χ3v) is 3.74. The number of ether oxygens (including phenoxy) is 1. The van der Waals surface area contributed by atoms with E-state index in [4.69, 9.17) is 27.9 Å². The lowest BCUT2D eigenvalue weighted by Gasteiger charge is -2.08. The van der Waals surface area contributed by atoms with Gasteiger partial charge in [0.2, 0.25) is 0 Å². The molecule has 0 aliphatic heterocycles. The molecular weight excluding hydrogens is 345 g/mol. The zero-order valence-electron chi connectivity index (χ0n) is 12.5. The number of hydrogen-bond donors (Lipinski definition) is 1. The van der Waals surface area contributed by atoms with Crippen molar-refractivity contribution >= 4 is 34.8 Å². The number of benzene rings is 3. The van der Waals surface area contributed by atoms with E-state index in [9.17, 15) is 4.79 Å². The van der Waals surface area contributed by atoms with Gasteiger partial charge in [0.05, 0.1) is 0 Å². The molecule has 0 heterocycles. The minimum absolute atomic E-state index is 0.219. The Morgan fingerprint density at radius 3 is 2.04 bits per heavy atom. The summed E-state index contributed by atoms with van der Waals surface area (Å²) >= 11 is 11.7. The highest BCUT2D eigenvalue weighted by Gasteiger charge is 2.06. The van der Waals surface area contributed by atoms with Gasteiger partial charge in [-0.2, -0.15) is 0 Å². The largest absolute Gasteiger partial charge is 0.457 e. The third kappa shape index (κ3) is 4.28. The average Bonchev–Trinajstić information content (AvgIpc) is 2.59. The van der Waals surface area contributed by atoms with Crippen molar-refractivity contribution < 1.29 is 9.53 Å². The molecule has 120 valence electrons.